The minimum Gasteiger partial charge on any atom is -0.462 e. The molecule has 134 valence electrons. The number of benzene rings is 1. The number of rotatable bonds is 4. The highest BCUT2D eigenvalue weighted by molar-refractivity contribution is 5.97. The maximum absolute atomic E-state index is 12.8. The molecule has 0 atom stereocenters. The maximum atomic E-state index is 12.8. The molecule has 1 aromatic rings. The first-order valence-corrected chi connectivity index (χ1v) is 6.56. The van der Waals surface area contributed by atoms with Gasteiger partial charge in [-0.2, -0.15) is 26.3 Å². The van der Waals surface area contributed by atoms with Crippen LogP contribution in [-0.2, 0) is 9.53 Å². The summed E-state index contributed by atoms with van der Waals surface area (Å²) in [7, 11) is 0. The molecule has 0 radical (unpaired) electrons. The normalized spacial score (nSPS) is 12.7. The lowest BCUT2D eigenvalue weighted by atomic mass is 9.87. The summed E-state index contributed by atoms with van der Waals surface area (Å²) in [5, 5.41) is 1.56. The van der Waals surface area contributed by atoms with Gasteiger partial charge in [0.05, 0.1) is 12.2 Å². The van der Waals surface area contributed by atoms with Crippen LogP contribution in [0, 0.1) is 5.41 Å². The van der Waals surface area contributed by atoms with Gasteiger partial charge in [-0.1, -0.05) is 0 Å². The standard InChI is InChI=1S/C14H13F6NO3/c1-3-24-10(22)8-4-6-9(7-5-8)21-11(23)12(2,13(15,16)17)14(18,19)20/h4-7H,3H2,1-2H3,(H,21,23). The van der Waals surface area contributed by atoms with E-state index >= 15 is 0 Å². The van der Waals surface area contributed by atoms with Crippen LogP contribution in [0.3, 0.4) is 0 Å². The Morgan fingerprint density at radius 1 is 1.00 bits per heavy atom. The van der Waals surface area contributed by atoms with Crippen LogP contribution < -0.4 is 5.32 Å². The molecule has 0 aromatic heterocycles. The van der Waals surface area contributed by atoms with Crippen LogP contribution in [-0.4, -0.2) is 30.8 Å². The molecule has 0 aliphatic heterocycles. The summed E-state index contributed by atoms with van der Waals surface area (Å²) >= 11 is 0. The number of carbonyl (C=O) groups is 2. The zero-order valence-corrected chi connectivity index (χ0v) is 12.5. The Morgan fingerprint density at radius 3 is 1.83 bits per heavy atom. The third kappa shape index (κ3) is 3.80. The molecule has 0 spiro atoms. The monoisotopic (exact) mass is 357 g/mol. The quantitative estimate of drug-likeness (QED) is 0.656. The van der Waals surface area contributed by atoms with Crippen LogP contribution in [0.4, 0.5) is 32.0 Å². The molecule has 4 nitrogen and oxygen atoms in total. The predicted octanol–water partition coefficient (Wildman–Crippen LogP) is 3.93. The molecule has 1 rings (SSSR count). The molecular weight excluding hydrogens is 344 g/mol. The van der Waals surface area contributed by atoms with Crippen LogP contribution in [0.5, 0.6) is 0 Å². The zero-order valence-electron chi connectivity index (χ0n) is 12.5. The number of hydrogen-bond acceptors (Lipinski definition) is 3. The highest BCUT2D eigenvalue weighted by Crippen LogP contribution is 2.50. The molecule has 0 saturated carbocycles. The van der Waals surface area contributed by atoms with Crippen molar-refractivity contribution < 1.29 is 40.7 Å². The van der Waals surface area contributed by atoms with E-state index in [1.54, 1.807) is 12.2 Å². The van der Waals surface area contributed by atoms with Gasteiger partial charge in [-0.05, 0) is 38.1 Å². The molecule has 1 amide bonds. The van der Waals surface area contributed by atoms with Gasteiger partial charge in [0, 0.05) is 5.69 Å². The molecule has 0 saturated heterocycles. The number of alkyl halides is 6. The Hall–Kier alpha value is -2.26. The van der Waals surface area contributed by atoms with Gasteiger partial charge in [-0.3, -0.25) is 4.79 Å². The van der Waals surface area contributed by atoms with Crippen molar-refractivity contribution >= 4 is 17.6 Å². The number of amides is 1. The minimum atomic E-state index is -5.83. The second kappa shape index (κ2) is 6.70. The van der Waals surface area contributed by atoms with Gasteiger partial charge >= 0.3 is 18.3 Å². The number of halogens is 6. The summed E-state index contributed by atoms with van der Waals surface area (Å²) in [5.41, 5.74) is -4.86. The lowest BCUT2D eigenvalue weighted by Crippen LogP contribution is -2.55. The fraction of sp³-hybridized carbons (Fsp3) is 0.429. The van der Waals surface area contributed by atoms with E-state index in [0.717, 1.165) is 24.3 Å². The second-order valence-electron chi connectivity index (χ2n) is 4.87. The van der Waals surface area contributed by atoms with Gasteiger partial charge in [0.1, 0.15) is 0 Å². The van der Waals surface area contributed by atoms with Crippen molar-refractivity contribution in [2.75, 3.05) is 11.9 Å². The van der Waals surface area contributed by atoms with E-state index < -0.39 is 29.6 Å². The van der Waals surface area contributed by atoms with Crippen LogP contribution in [0.2, 0.25) is 0 Å². The smallest absolute Gasteiger partial charge is 0.411 e. The summed E-state index contributed by atoms with van der Waals surface area (Å²) in [5.74, 6) is -2.99. The van der Waals surface area contributed by atoms with Crippen LogP contribution in [0.15, 0.2) is 24.3 Å². The van der Waals surface area contributed by atoms with Gasteiger partial charge in [-0.25, -0.2) is 4.79 Å². The SMILES string of the molecule is CCOC(=O)c1ccc(NC(=O)C(C)(C(F)(F)F)C(F)(F)F)cc1. The zero-order chi connectivity index (χ0) is 18.8. The molecule has 0 fully saturated rings. The van der Waals surface area contributed by atoms with Crippen molar-refractivity contribution in [2.24, 2.45) is 5.41 Å². The Bertz CT molecular complexity index is 592. The van der Waals surface area contributed by atoms with E-state index in [1.165, 1.54) is 0 Å². The third-order valence-corrected chi connectivity index (χ3v) is 3.24. The van der Waals surface area contributed by atoms with Crippen LogP contribution in [0.1, 0.15) is 24.2 Å². The summed E-state index contributed by atoms with van der Waals surface area (Å²) in [4.78, 5) is 23.0. The van der Waals surface area contributed by atoms with Crippen molar-refractivity contribution in [3.8, 4) is 0 Å². The molecule has 1 N–H and O–H groups in total. The molecule has 0 unspecified atom stereocenters. The number of carbonyl (C=O) groups excluding carboxylic acids is 2. The summed E-state index contributed by atoms with van der Waals surface area (Å²) < 4.78 is 81.3. The van der Waals surface area contributed by atoms with Gasteiger partial charge in [0.15, 0.2) is 0 Å². The fourth-order valence-electron chi connectivity index (χ4n) is 1.58. The molecular formula is C14H13F6NO3. The van der Waals surface area contributed by atoms with E-state index in [1.807, 2.05) is 0 Å². The molecule has 10 heteroatoms. The predicted molar refractivity (Wildman–Crippen MR) is 71.2 cm³/mol. The van der Waals surface area contributed by atoms with Crippen LogP contribution in [0.25, 0.3) is 0 Å². The molecule has 0 bridgehead atoms. The van der Waals surface area contributed by atoms with E-state index in [9.17, 15) is 35.9 Å². The summed E-state index contributed by atoms with van der Waals surface area (Å²) in [6.07, 6.45) is -11.7. The first-order valence-electron chi connectivity index (χ1n) is 6.56. The molecule has 1 aromatic carbocycles. The number of hydrogen-bond donors (Lipinski definition) is 1. The average molecular weight is 357 g/mol. The Kier molecular flexibility index (Phi) is 5.52. The van der Waals surface area contributed by atoms with E-state index in [0.29, 0.717) is 0 Å². The first-order chi connectivity index (χ1) is 10.8. The first kappa shape index (κ1) is 19.8. The van der Waals surface area contributed by atoms with Crippen molar-refractivity contribution in [1.82, 2.24) is 0 Å². The largest absolute Gasteiger partial charge is 0.462 e. The van der Waals surface area contributed by atoms with Gasteiger partial charge in [-0.15, -0.1) is 0 Å². The Balaban J connectivity index is 3.03. The third-order valence-electron chi connectivity index (χ3n) is 3.24. The number of ether oxygens (including phenoxy) is 1. The molecule has 0 heterocycles. The van der Waals surface area contributed by atoms with Crippen LogP contribution >= 0.6 is 0 Å². The van der Waals surface area contributed by atoms with Gasteiger partial charge in [0.2, 0.25) is 11.3 Å². The lowest BCUT2D eigenvalue weighted by Gasteiger charge is -2.32. The second-order valence-corrected chi connectivity index (χ2v) is 4.87. The average Bonchev–Trinajstić information content (AvgIpc) is 2.44. The molecule has 0 aliphatic carbocycles. The van der Waals surface area contributed by atoms with Gasteiger partial charge in [0.25, 0.3) is 0 Å². The van der Waals surface area contributed by atoms with Crippen molar-refractivity contribution in [3.63, 3.8) is 0 Å². The summed E-state index contributed by atoms with van der Waals surface area (Å²) in [6.45, 7) is 1.41. The lowest BCUT2D eigenvalue weighted by molar-refractivity contribution is -0.317. The van der Waals surface area contributed by atoms with E-state index in [4.69, 9.17) is 0 Å². The number of esters is 1. The fourth-order valence-corrected chi connectivity index (χ4v) is 1.58. The van der Waals surface area contributed by atoms with E-state index in [2.05, 4.69) is 4.74 Å². The topological polar surface area (TPSA) is 55.4 Å². The van der Waals surface area contributed by atoms with E-state index in [-0.39, 0.29) is 24.8 Å². The Labute approximate surface area is 132 Å². The summed E-state index contributed by atoms with van der Waals surface area (Å²) in [6, 6.07) is 4.20. The molecule has 0 aliphatic rings. The minimum absolute atomic E-state index is 0.0317. The highest BCUT2D eigenvalue weighted by Gasteiger charge is 2.72. The Morgan fingerprint density at radius 2 is 1.46 bits per heavy atom. The van der Waals surface area contributed by atoms with Crippen molar-refractivity contribution in [1.29, 1.82) is 0 Å². The molecule has 24 heavy (non-hydrogen) atoms. The maximum Gasteiger partial charge on any atom is 0.411 e. The van der Waals surface area contributed by atoms with Crippen molar-refractivity contribution in [2.45, 2.75) is 26.2 Å². The number of anilines is 1. The van der Waals surface area contributed by atoms with Gasteiger partial charge < -0.3 is 10.1 Å². The highest BCUT2D eigenvalue weighted by atomic mass is 19.4. The number of nitrogens with one attached hydrogen (secondary N) is 1. The van der Waals surface area contributed by atoms with Crippen molar-refractivity contribution in [3.05, 3.63) is 29.8 Å².